The zero-order chi connectivity index (χ0) is 20.6. The van der Waals surface area contributed by atoms with Gasteiger partial charge in [-0.05, 0) is 42.3 Å². The summed E-state index contributed by atoms with van der Waals surface area (Å²) >= 11 is 0. The first-order valence-corrected chi connectivity index (χ1v) is 9.20. The Labute approximate surface area is 167 Å². The van der Waals surface area contributed by atoms with E-state index in [0.717, 1.165) is 4.90 Å². The molecule has 2 aliphatic heterocycles. The van der Waals surface area contributed by atoms with Crippen LogP contribution in [0.4, 0.5) is 4.79 Å². The molecule has 3 amide bonds. The van der Waals surface area contributed by atoms with Crippen LogP contribution in [0.3, 0.4) is 0 Å². The molecule has 8 nitrogen and oxygen atoms in total. The highest BCUT2D eigenvalue weighted by molar-refractivity contribution is 6.11. The van der Waals surface area contributed by atoms with Crippen molar-refractivity contribution in [1.82, 2.24) is 10.2 Å². The number of nitrogens with zero attached hydrogens (tertiary/aromatic N) is 1. The molecule has 1 N–H and O–H groups in total. The van der Waals surface area contributed by atoms with Gasteiger partial charge in [-0.25, -0.2) is 4.79 Å². The molecule has 2 aromatic carbocycles. The van der Waals surface area contributed by atoms with Crippen LogP contribution in [-0.2, 0) is 10.3 Å². The number of carbonyl (C=O) groups excluding carboxylic acids is 3. The first-order chi connectivity index (χ1) is 14.0. The van der Waals surface area contributed by atoms with Crippen molar-refractivity contribution in [3.05, 3.63) is 53.6 Å². The van der Waals surface area contributed by atoms with Crippen LogP contribution in [0.15, 0.2) is 42.5 Å². The average molecular weight is 396 g/mol. The maximum Gasteiger partial charge on any atom is 0.325 e. The van der Waals surface area contributed by atoms with Crippen LogP contribution in [0.5, 0.6) is 17.2 Å². The number of rotatable bonds is 6. The number of hydrogen-bond acceptors (Lipinski definition) is 6. The van der Waals surface area contributed by atoms with Crippen LogP contribution in [-0.4, -0.2) is 43.1 Å². The van der Waals surface area contributed by atoms with Gasteiger partial charge in [-0.15, -0.1) is 0 Å². The summed E-state index contributed by atoms with van der Waals surface area (Å²) in [6.07, 6.45) is 0.346. The van der Waals surface area contributed by atoms with Crippen molar-refractivity contribution >= 4 is 17.7 Å². The SMILES string of the molecule is CC[C@]1(c2ccc(OC)cc2)NC(=O)N(CC(=O)c2ccc3c(c2)OCO3)C1=O. The summed E-state index contributed by atoms with van der Waals surface area (Å²) in [5.74, 6) is 0.847. The number of benzene rings is 2. The second kappa shape index (κ2) is 7.12. The fraction of sp³-hybridized carbons (Fsp3) is 0.286. The monoisotopic (exact) mass is 396 g/mol. The predicted molar refractivity (Wildman–Crippen MR) is 102 cm³/mol. The lowest BCUT2D eigenvalue weighted by Gasteiger charge is -2.26. The topological polar surface area (TPSA) is 94.2 Å². The summed E-state index contributed by atoms with van der Waals surface area (Å²) in [4.78, 5) is 39.5. The zero-order valence-corrected chi connectivity index (χ0v) is 16.1. The Morgan fingerprint density at radius 2 is 1.86 bits per heavy atom. The van der Waals surface area contributed by atoms with E-state index in [4.69, 9.17) is 14.2 Å². The highest BCUT2D eigenvalue weighted by atomic mass is 16.7. The molecule has 2 aromatic rings. The minimum Gasteiger partial charge on any atom is -0.497 e. The highest BCUT2D eigenvalue weighted by Crippen LogP contribution is 2.35. The summed E-state index contributed by atoms with van der Waals surface area (Å²) in [5, 5.41) is 2.77. The fourth-order valence-electron chi connectivity index (χ4n) is 3.59. The number of nitrogens with one attached hydrogen (secondary N) is 1. The number of methoxy groups -OCH3 is 1. The van der Waals surface area contributed by atoms with Gasteiger partial charge in [0.15, 0.2) is 17.3 Å². The second-order valence-electron chi connectivity index (χ2n) is 6.80. The van der Waals surface area contributed by atoms with E-state index in [0.29, 0.717) is 34.8 Å². The van der Waals surface area contributed by atoms with Gasteiger partial charge >= 0.3 is 6.03 Å². The number of fused-ring (bicyclic) bond motifs is 1. The minimum absolute atomic E-state index is 0.0981. The molecule has 0 saturated carbocycles. The van der Waals surface area contributed by atoms with Gasteiger partial charge in [0, 0.05) is 5.56 Å². The van der Waals surface area contributed by atoms with Gasteiger partial charge < -0.3 is 19.5 Å². The third-order valence-corrected chi connectivity index (χ3v) is 5.29. The molecular formula is C21H20N2O6. The first kappa shape index (κ1) is 18.8. The van der Waals surface area contributed by atoms with Crippen molar-refractivity contribution in [1.29, 1.82) is 0 Å². The van der Waals surface area contributed by atoms with Crippen molar-refractivity contribution < 1.29 is 28.6 Å². The van der Waals surface area contributed by atoms with E-state index in [2.05, 4.69) is 5.32 Å². The first-order valence-electron chi connectivity index (χ1n) is 9.20. The van der Waals surface area contributed by atoms with E-state index >= 15 is 0 Å². The summed E-state index contributed by atoms with van der Waals surface area (Å²) in [6.45, 7) is 1.55. The van der Waals surface area contributed by atoms with Gasteiger partial charge in [-0.1, -0.05) is 19.1 Å². The molecule has 1 atom stereocenters. The molecule has 8 heteroatoms. The largest absolute Gasteiger partial charge is 0.497 e. The summed E-state index contributed by atoms with van der Waals surface area (Å²) < 4.78 is 15.7. The van der Waals surface area contributed by atoms with Crippen molar-refractivity contribution in [2.45, 2.75) is 18.9 Å². The molecule has 0 aliphatic carbocycles. The quantitative estimate of drug-likeness (QED) is 0.596. The van der Waals surface area contributed by atoms with Gasteiger partial charge in [-0.2, -0.15) is 0 Å². The van der Waals surface area contributed by atoms with E-state index in [1.54, 1.807) is 49.6 Å². The molecule has 0 bridgehead atoms. The highest BCUT2D eigenvalue weighted by Gasteiger charge is 2.51. The standard InChI is InChI=1S/C21H20N2O6/c1-3-21(14-5-7-15(27-2)8-6-14)19(25)23(20(26)22-21)11-16(24)13-4-9-17-18(10-13)29-12-28-17/h4-10H,3,11-12H2,1-2H3,(H,22,26)/t21-/m1/s1. The smallest absolute Gasteiger partial charge is 0.325 e. The van der Waals surface area contributed by atoms with Crippen LogP contribution >= 0.6 is 0 Å². The van der Waals surface area contributed by atoms with Crippen molar-refractivity contribution in [3.63, 3.8) is 0 Å². The van der Waals surface area contributed by atoms with E-state index < -0.39 is 17.5 Å². The fourth-order valence-corrected chi connectivity index (χ4v) is 3.59. The molecule has 0 aromatic heterocycles. The van der Waals surface area contributed by atoms with Gasteiger partial charge in [0.1, 0.15) is 11.3 Å². The van der Waals surface area contributed by atoms with Gasteiger partial charge in [0.2, 0.25) is 6.79 Å². The van der Waals surface area contributed by atoms with Crippen LogP contribution in [0.25, 0.3) is 0 Å². The number of ketones is 1. The maximum atomic E-state index is 13.2. The normalized spacial score (nSPS) is 20.0. The number of hydrogen-bond donors (Lipinski definition) is 1. The third kappa shape index (κ3) is 3.06. The van der Waals surface area contributed by atoms with Crippen molar-refractivity contribution in [2.75, 3.05) is 20.4 Å². The summed E-state index contributed by atoms with van der Waals surface area (Å²) in [5.41, 5.74) is -0.233. The summed E-state index contributed by atoms with van der Waals surface area (Å²) in [6, 6.07) is 11.1. The lowest BCUT2D eigenvalue weighted by molar-refractivity contribution is -0.131. The molecule has 0 unspecified atom stereocenters. The Morgan fingerprint density at radius 1 is 1.14 bits per heavy atom. The molecule has 150 valence electrons. The lowest BCUT2D eigenvalue weighted by atomic mass is 9.87. The number of amides is 3. The predicted octanol–water partition coefficient (Wildman–Crippen LogP) is 2.46. The van der Waals surface area contributed by atoms with Crippen molar-refractivity contribution in [2.24, 2.45) is 0 Å². The van der Waals surface area contributed by atoms with E-state index in [9.17, 15) is 14.4 Å². The molecule has 0 spiro atoms. The van der Waals surface area contributed by atoms with Gasteiger partial charge in [0.05, 0.1) is 13.7 Å². The molecule has 2 aliphatic rings. The Hall–Kier alpha value is -3.55. The van der Waals surface area contributed by atoms with Gasteiger partial charge in [-0.3, -0.25) is 14.5 Å². The average Bonchev–Trinajstić information content (AvgIpc) is 3.31. The van der Waals surface area contributed by atoms with Gasteiger partial charge in [0.25, 0.3) is 5.91 Å². The second-order valence-corrected chi connectivity index (χ2v) is 6.80. The number of Topliss-reactive ketones (excluding diaryl/α,β-unsaturated/α-hetero) is 1. The third-order valence-electron chi connectivity index (χ3n) is 5.29. The number of urea groups is 1. The van der Waals surface area contributed by atoms with Crippen LogP contribution in [0.1, 0.15) is 29.3 Å². The molecule has 0 radical (unpaired) electrons. The number of ether oxygens (including phenoxy) is 3. The molecular weight excluding hydrogens is 376 g/mol. The molecule has 4 rings (SSSR count). The Bertz CT molecular complexity index is 987. The van der Waals surface area contributed by atoms with Crippen LogP contribution < -0.4 is 19.5 Å². The minimum atomic E-state index is -1.21. The Balaban J connectivity index is 1.57. The number of carbonyl (C=O) groups is 3. The zero-order valence-electron chi connectivity index (χ0n) is 16.1. The lowest BCUT2D eigenvalue weighted by Crippen LogP contribution is -2.43. The number of imide groups is 1. The maximum absolute atomic E-state index is 13.2. The van der Waals surface area contributed by atoms with Crippen LogP contribution in [0, 0.1) is 0 Å². The summed E-state index contributed by atoms with van der Waals surface area (Å²) in [7, 11) is 1.55. The molecule has 1 fully saturated rings. The van der Waals surface area contributed by atoms with E-state index in [-0.39, 0.29) is 19.1 Å². The molecule has 2 heterocycles. The van der Waals surface area contributed by atoms with E-state index in [1.807, 2.05) is 6.92 Å². The molecule has 29 heavy (non-hydrogen) atoms. The Morgan fingerprint density at radius 3 is 2.55 bits per heavy atom. The molecule has 1 saturated heterocycles. The van der Waals surface area contributed by atoms with E-state index in [1.165, 1.54) is 0 Å². The Kier molecular flexibility index (Phi) is 4.62. The van der Waals surface area contributed by atoms with Crippen LogP contribution in [0.2, 0.25) is 0 Å². The van der Waals surface area contributed by atoms with Crippen molar-refractivity contribution in [3.8, 4) is 17.2 Å².